The molecular weight excluding hydrogens is 202 g/mol. The Kier molecular flexibility index (Phi) is 5.42. The molecule has 2 unspecified atom stereocenters. The summed E-state index contributed by atoms with van der Waals surface area (Å²) >= 11 is 0. The number of nitrogens with two attached hydrogens (primary N) is 1. The maximum Gasteiger partial charge on any atom is 0.261 e. The Morgan fingerprint density at radius 3 is 2.87 bits per heavy atom. The summed E-state index contributed by atoms with van der Waals surface area (Å²) in [6, 6.07) is 0.281. The molecular formula is C10H20F2N2O. The molecule has 2 N–H and O–H groups in total. The van der Waals surface area contributed by atoms with E-state index in [1.54, 1.807) is 0 Å². The lowest BCUT2D eigenvalue weighted by atomic mass is 9.95. The van der Waals surface area contributed by atoms with E-state index in [1.165, 1.54) is 0 Å². The van der Waals surface area contributed by atoms with Crippen LogP contribution in [-0.4, -0.2) is 50.2 Å². The van der Waals surface area contributed by atoms with Gasteiger partial charge >= 0.3 is 0 Å². The standard InChI is InChI=1S/C10H20F2N2O/c1-8-6-14(3-2-9(8)13)4-5-15-7-10(11)12/h8-10H,2-7,13H2,1H3. The molecule has 0 saturated carbocycles. The van der Waals surface area contributed by atoms with Crippen molar-refractivity contribution >= 4 is 0 Å². The van der Waals surface area contributed by atoms with Gasteiger partial charge in [-0.15, -0.1) is 0 Å². The fourth-order valence-corrected chi connectivity index (χ4v) is 1.82. The van der Waals surface area contributed by atoms with Gasteiger partial charge in [-0.25, -0.2) is 8.78 Å². The second-order valence-electron chi connectivity index (χ2n) is 4.20. The van der Waals surface area contributed by atoms with E-state index in [9.17, 15) is 8.78 Å². The normalized spacial score (nSPS) is 28.6. The summed E-state index contributed by atoms with van der Waals surface area (Å²) in [4.78, 5) is 2.22. The Morgan fingerprint density at radius 1 is 1.53 bits per heavy atom. The van der Waals surface area contributed by atoms with Crippen molar-refractivity contribution in [3.05, 3.63) is 0 Å². The van der Waals surface area contributed by atoms with Crippen molar-refractivity contribution < 1.29 is 13.5 Å². The van der Waals surface area contributed by atoms with Crippen molar-refractivity contribution in [2.75, 3.05) is 32.8 Å². The first-order valence-electron chi connectivity index (χ1n) is 5.43. The fraction of sp³-hybridized carbons (Fsp3) is 1.00. The van der Waals surface area contributed by atoms with Crippen molar-refractivity contribution in [2.24, 2.45) is 11.7 Å². The van der Waals surface area contributed by atoms with Gasteiger partial charge < -0.3 is 15.4 Å². The van der Waals surface area contributed by atoms with Gasteiger partial charge in [-0.2, -0.15) is 0 Å². The lowest BCUT2D eigenvalue weighted by Crippen LogP contribution is -2.46. The van der Waals surface area contributed by atoms with E-state index in [-0.39, 0.29) is 6.04 Å². The van der Waals surface area contributed by atoms with E-state index in [0.29, 0.717) is 12.5 Å². The first-order chi connectivity index (χ1) is 7.09. The average Bonchev–Trinajstić information content (AvgIpc) is 2.18. The third-order valence-corrected chi connectivity index (χ3v) is 2.85. The van der Waals surface area contributed by atoms with Crippen LogP contribution >= 0.6 is 0 Å². The molecule has 1 heterocycles. The van der Waals surface area contributed by atoms with Gasteiger partial charge in [-0.1, -0.05) is 6.92 Å². The van der Waals surface area contributed by atoms with Crippen molar-refractivity contribution in [1.29, 1.82) is 0 Å². The molecule has 1 fully saturated rings. The minimum Gasteiger partial charge on any atom is -0.374 e. The smallest absolute Gasteiger partial charge is 0.261 e. The summed E-state index contributed by atoms with van der Waals surface area (Å²) in [5.74, 6) is 0.480. The summed E-state index contributed by atoms with van der Waals surface area (Å²) in [5, 5.41) is 0. The predicted molar refractivity (Wildman–Crippen MR) is 55.0 cm³/mol. The maximum absolute atomic E-state index is 11.8. The zero-order valence-electron chi connectivity index (χ0n) is 9.16. The van der Waals surface area contributed by atoms with Crippen LogP contribution in [-0.2, 0) is 4.74 Å². The lowest BCUT2D eigenvalue weighted by molar-refractivity contribution is 0.00583. The van der Waals surface area contributed by atoms with Gasteiger partial charge in [0.15, 0.2) is 0 Å². The molecule has 0 spiro atoms. The number of halogens is 2. The fourth-order valence-electron chi connectivity index (χ4n) is 1.82. The van der Waals surface area contributed by atoms with Gasteiger partial charge in [0.05, 0.1) is 6.61 Å². The highest BCUT2D eigenvalue weighted by atomic mass is 19.3. The van der Waals surface area contributed by atoms with Crippen LogP contribution in [0.3, 0.4) is 0 Å². The summed E-state index contributed by atoms with van der Waals surface area (Å²) in [5.41, 5.74) is 5.88. The van der Waals surface area contributed by atoms with Gasteiger partial charge in [0, 0.05) is 19.1 Å². The molecule has 2 atom stereocenters. The van der Waals surface area contributed by atoms with Crippen molar-refractivity contribution in [3.63, 3.8) is 0 Å². The van der Waals surface area contributed by atoms with Crippen LogP contribution < -0.4 is 5.73 Å². The zero-order chi connectivity index (χ0) is 11.3. The number of hydrogen-bond acceptors (Lipinski definition) is 3. The molecule has 15 heavy (non-hydrogen) atoms. The summed E-state index contributed by atoms with van der Waals surface area (Å²) in [7, 11) is 0. The van der Waals surface area contributed by atoms with Gasteiger partial charge in [0.25, 0.3) is 6.43 Å². The third-order valence-electron chi connectivity index (χ3n) is 2.85. The van der Waals surface area contributed by atoms with Crippen molar-refractivity contribution in [1.82, 2.24) is 4.90 Å². The number of hydrogen-bond donors (Lipinski definition) is 1. The second kappa shape index (κ2) is 6.35. The number of nitrogens with zero attached hydrogens (tertiary/aromatic N) is 1. The number of likely N-dealkylation sites (tertiary alicyclic amines) is 1. The molecule has 0 aromatic rings. The monoisotopic (exact) mass is 222 g/mol. The Morgan fingerprint density at radius 2 is 2.27 bits per heavy atom. The molecule has 1 saturated heterocycles. The highest BCUT2D eigenvalue weighted by Gasteiger charge is 2.22. The van der Waals surface area contributed by atoms with E-state index in [2.05, 4.69) is 11.8 Å². The predicted octanol–water partition coefficient (Wildman–Crippen LogP) is 0.937. The molecule has 5 heteroatoms. The highest BCUT2D eigenvalue weighted by molar-refractivity contribution is 4.79. The molecule has 0 radical (unpaired) electrons. The molecule has 1 aliphatic rings. The summed E-state index contributed by atoms with van der Waals surface area (Å²) < 4.78 is 28.4. The quantitative estimate of drug-likeness (QED) is 0.703. The van der Waals surface area contributed by atoms with Crippen molar-refractivity contribution in [2.45, 2.75) is 25.8 Å². The maximum atomic E-state index is 11.8. The van der Waals surface area contributed by atoms with Gasteiger partial charge in [0.2, 0.25) is 0 Å². The zero-order valence-corrected chi connectivity index (χ0v) is 9.16. The van der Waals surface area contributed by atoms with E-state index in [1.807, 2.05) is 0 Å². The van der Waals surface area contributed by atoms with E-state index in [0.717, 1.165) is 26.1 Å². The van der Waals surface area contributed by atoms with Crippen molar-refractivity contribution in [3.8, 4) is 0 Å². The lowest BCUT2D eigenvalue weighted by Gasteiger charge is -2.34. The minimum absolute atomic E-state index is 0.281. The van der Waals surface area contributed by atoms with Crippen LogP contribution in [0.1, 0.15) is 13.3 Å². The summed E-state index contributed by atoms with van der Waals surface area (Å²) in [6.45, 7) is 4.67. The molecule has 1 rings (SSSR count). The van der Waals surface area contributed by atoms with Crippen LogP contribution in [0.4, 0.5) is 8.78 Å². The SMILES string of the molecule is CC1CN(CCOCC(F)F)CCC1N. The molecule has 0 amide bonds. The first-order valence-corrected chi connectivity index (χ1v) is 5.43. The molecule has 0 aliphatic carbocycles. The molecule has 0 aromatic heterocycles. The second-order valence-corrected chi connectivity index (χ2v) is 4.20. The first kappa shape index (κ1) is 12.8. The Balaban J connectivity index is 2.07. The largest absolute Gasteiger partial charge is 0.374 e. The number of rotatable bonds is 5. The molecule has 1 aliphatic heterocycles. The van der Waals surface area contributed by atoms with Crippen LogP contribution in [0.5, 0.6) is 0 Å². The minimum atomic E-state index is -2.36. The highest BCUT2D eigenvalue weighted by Crippen LogP contribution is 2.14. The molecule has 0 bridgehead atoms. The Bertz CT molecular complexity index is 181. The molecule has 3 nitrogen and oxygen atoms in total. The molecule has 90 valence electrons. The van der Waals surface area contributed by atoms with E-state index < -0.39 is 13.0 Å². The van der Waals surface area contributed by atoms with Gasteiger partial charge in [0.1, 0.15) is 6.61 Å². The van der Waals surface area contributed by atoms with E-state index in [4.69, 9.17) is 10.5 Å². The van der Waals surface area contributed by atoms with E-state index >= 15 is 0 Å². The Hall–Kier alpha value is -0.260. The van der Waals surface area contributed by atoms with Crippen LogP contribution in [0.15, 0.2) is 0 Å². The van der Waals surface area contributed by atoms with Gasteiger partial charge in [-0.05, 0) is 18.9 Å². The third kappa shape index (κ3) is 4.86. The van der Waals surface area contributed by atoms with Crippen LogP contribution in [0.25, 0.3) is 0 Å². The summed E-state index contributed by atoms with van der Waals surface area (Å²) in [6.07, 6.45) is -1.38. The van der Waals surface area contributed by atoms with Gasteiger partial charge in [-0.3, -0.25) is 0 Å². The number of piperidine rings is 1. The number of alkyl halides is 2. The Labute approximate surface area is 89.6 Å². The van der Waals surface area contributed by atoms with Crippen LogP contribution in [0, 0.1) is 5.92 Å². The molecule has 0 aromatic carbocycles. The average molecular weight is 222 g/mol. The number of ether oxygens (including phenoxy) is 1. The topological polar surface area (TPSA) is 38.5 Å². The van der Waals surface area contributed by atoms with Crippen LogP contribution in [0.2, 0.25) is 0 Å².